The lowest BCUT2D eigenvalue weighted by atomic mass is 10.4. The Morgan fingerprint density at radius 1 is 1.58 bits per heavy atom. The molecule has 0 spiro atoms. The molecule has 0 aliphatic carbocycles. The van der Waals surface area contributed by atoms with Crippen molar-refractivity contribution in [2.75, 3.05) is 0 Å². The van der Waals surface area contributed by atoms with E-state index in [-0.39, 0.29) is 4.91 Å². The molecule has 0 rings (SSSR count). The van der Waals surface area contributed by atoms with Crippen LogP contribution in [0.4, 0.5) is 0 Å². The van der Waals surface area contributed by atoms with Gasteiger partial charge in [0, 0.05) is 0 Å². The number of hydrogen-bond donors (Lipinski definition) is 1. The highest BCUT2D eigenvalue weighted by molar-refractivity contribution is 7.93. The van der Waals surface area contributed by atoms with Gasteiger partial charge in [0.2, 0.25) is 10.0 Å². The van der Waals surface area contributed by atoms with Crippen molar-refractivity contribution in [3.63, 3.8) is 0 Å². The summed E-state index contributed by atoms with van der Waals surface area (Å²) < 4.78 is 21.5. The molecule has 0 unspecified atom stereocenters. The fourth-order valence-corrected chi connectivity index (χ4v) is 1.08. The van der Waals surface area contributed by atoms with E-state index in [9.17, 15) is 8.42 Å². The molecule has 0 radical (unpaired) electrons. The van der Waals surface area contributed by atoms with E-state index in [1.54, 1.807) is 6.08 Å². The Hall–Kier alpha value is -0.870. The predicted molar refractivity (Wildman–Crippen MR) is 50.8 cm³/mol. The standard InChI is InChI=1S/C8H13NO2S/c1-3-5-6-7-8(4-2)12(9,10)11/h4-7H,2-3H2,1H3,(H2,9,10,11)/b6-5-,8-7+. The fourth-order valence-electron chi connectivity index (χ4n) is 0.578. The molecule has 0 aromatic carbocycles. The van der Waals surface area contributed by atoms with Crippen molar-refractivity contribution in [2.45, 2.75) is 13.3 Å². The Labute approximate surface area is 73.3 Å². The number of rotatable bonds is 4. The van der Waals surface area contributed by atoms with Crippen molar-refractivity contribution in [3.05, 3.63) is 35.8 Å². The Morgan fingerprint density at radius 2 is 2.17 bits per heavy atom. The lowest BCUT2D eigenvalue weighted by Crippen LogP contribution is -2.12. The van der Waals surface area contributed by atoms with Gasteiger partial charge >= 0.3 is 0 Å². The van der Waals surface area contributed by atoms with E-state index in [1.807, 2.05) is 13.0 Å². The Kier molecular flexibility index (Phi) is 4.54. The fraction of sp³-hybridized carbons (Fsp3) is 0.250. The van der Waals surface area contributed by atoms with Gasteiger partial charge in [0.25, 0.3) is 0 Å². The van der Waals surface area contributed by atoms with Gasteiger partial charge in [-0.1, -0.05) is 25.7 Å². The average molecular weight is 187 g/mol. The summed E-state index contributed by atoms with van der Waals surface area (Å²) in [6.07, 6.45) is 6.96. The van der Waals surface area contributed by atoms with Gasteiger partial charge in [-0.2, -0.15) is 0 Å². The molecule has 0 fully saturated rings. The van der Waals surface area contributed by atoms with E-state index in [4.69, 9.17) is 5.14 Å². The second kappa shape index (κ2) is 4.90. The van der Waals surface area contributed by atoms with Crippen LogP contribution in [0.3, 0.4) is 0 Å². The maximum atomic E-state index is 10.8. The molecule has 0 amide bonds. The zero-order valence-corrected chi connectivity index (χ0v) is 7.84. The van der Waals surface area contributed by atoms with E-state index >= 15 is 0 Å². The molecule has 0 bridgehead atoms. The Balaban J connectivity index is 4.69. The van der Waals surface area contributed by atoms with E-state index in [1.165, 1.54) is 12.2 Å². The van der Waals surface area contributed by atoms with Gasteiger partial charge in [-0.3, -0.25) is 0 Å². The molecule has 2 N–H and O–H groups in total. The highest BCUT2D eigenvalue weighted by Crippen LogP contribution is 2.02. The van der Waals surface area contributed by atoms with Crippen LogP contribution in [0.15, 0.2) is 35.8 Å². The minimum absolute atomic E-state index is 0.0344. The topological polar surface area (TPSA) is 60.2 Å². The summed E-state index contributed by atoms with van der Waals surface area (Å²) in [5.74, 6) is 0. The normalized spacial score (nSPS) is 13.7. The number of hydrogen-bond acceptors (Lipinski definition) is 2. The minimum Gasteiger partial charge on any atom is -0.225 e. The zero-order valence-electron chi connectivity index (χ0n) is 7.03. The van der Waals surface area contributed by atoms with Crippen LogP contribution < -0.4 is 5.14 Å². The van der Waals surface area contributed by atoms with Crippen LogP contribution >= 0.6 is 0 Å². The molecule has 68 valence electrons. The van der Waals surface area contributed by atoms with E-state index in [0.29, 0.717) is 0 Å². The smallest absolute Gasteiger partial charge is 0.225 e. The van der Waals surface area contributed by atoms with Crippen LogP contribution in [0.5, 0.6) is 0 Å². The van der Waals surface area contributed by atoms with E-state index in [2.05, 4.69) is 6.58 Å². The van der Waals surface area contributed by atoms with Crippen molar-refractivity contribution in [1.29, 1.82) is 0 Å². The molecule has 0 aliphatic heterocycles. The molecule has 0 atom stereocenters. The van der Waals surface area contributed by atoms with E-state index in [0.717, 1.165) is 6.42 Å². The van der Waals surface area contributed by atoms with Crippen LogP contribution in [0.1, 0.15) is 13.3 Å². The highest BCUT2D eigenvalue weighted by atomic mass is 32.2. The molecule has 4 heteroatoms. The lowest BCUT2D eigenvalue weighted by Gasteiger charge is -1.94. The Bertz CT molecular complexity index is 299. The first-order valence-electron chi connectivity index (χ1n) is 3.54. The van der Waals surface area contributed by atoms with Gasteiger partial charge in [0.05, 0.1) is 4.91 Å². The van der Waals surface area contributed by atoms with Gasteiger partial charge < -0.3 is 0 Å². The van der Waals surface area contributed by atoms with Crippen LogP contribution in [-0.4, -0.2) is 8.42 Å². The first-order chi connectivity index (χ1) is 5.52. The molecule has 0 saturated carbocycles. The first-order valence-corrected chi connectivity index (χ1v) is 5.09. The third kappa shape index (κ3) is 4.10. The molecule has 12 heavy (non-hydrogen) atoms. The number of primary sulfonamides is 1. The van der Waals surface area contributed by atoms with Crippen LogP contribution in [-0.2, 0) is 10.0 Å². The highest BCUT2D eigenvalue weighted by Gasteiger charge is 2.04. The molecule has 0 saturated heterocycles. The summed E-state index contributed by atoms with van der Waals surface area (Å²) >= 11 is 0. The monoisotopic (exact) mass is 187 g/mol. The van der Waals surface area contributed by atoms with Crippen LogP contribution in [0.25, 0.3) is 0 Å². The molecule has 0 heterocycles. The second-order valence-corrected chi connectivity index (χ2v) is 3.72. The third-order valence-electron chi connectivity index (χ3n) is 1.16. The summed E-state index contributed by atoms with van der Waals surface area (Å²) in [5, 5.41) is 4.87. The van der Waals surface area contributed by atoms with E-state index < -0.39 is 10.0 Å². The molecule has 0 aliphatic rings. The van der Waals surface area contributed by atoms with Crippen molar-refractivity contribution in [1.82, 2.24) is 0 Å². The molecular weight excluding hydrogens is 174 g/mol. The summed E-state index contributed by atoms with van der Waals surface area (Å²) in [5.41, 5.74) is 0. The zero-order chi connectivity index (χ0) is 9.61. The SMILES string of the molecule is C=C/C(=C\C=C/CC)S(N)(=O)=O. The molecular formula is C8H13NO2S. The lowest BCUT2D eigenvalue weighted by molar-refractivity contribution is 0.604. The van der Waals surface area contributed by atoms with Gasteiger partial charge in [-0.15, -0.1) is 0 Å². The summed E-state index contributed by atoms with van der Waals surface area (Å²) in [6, 6.07) is 0. The van der Waals surface area contributed by atoms with Crippen LogP contribution in [0, 0.1) is 0 Å². The minimum atomic E-state index is -3.60. The van der Waals surface area contributed by atoms with Gasteiger partial charge in [-0.05, 0) is 18.6 Å². The van der Waals surface area contributed by atoms with Crippen LogP contribution in [0.2, 0.25) is 0 Å². The predicted octanol–water partition coefficient (Wildman–Crippen LogP) is 1.31. The Morgan fingerprint density at radius 3 is 2.50 bits per heavy atom. The van der Waals surface area contributed by atoms with Crippen molar-refractivity contribution < 1.29 is 8.42 Å². The van der Waals surface area contributed by atoms with Crippen molar-refractivity contribution >= 4 is 10.0 Å². The summed E-state index contributed by atoms with van der Waals surface area (Å²) in [6.45, 7) is 5.30. The summed E-state index contributed by atoms with van der Waals surface area (Å²) in [7, 11) is -3.60. The molecule has 3 nitrogen and oxygen atoms in total. The largest absolute Gasteiger partial charge is 0.238 e. The maximum absolute atomic E-state index is 10.8. The van der Waals surface area contributed by atoms with Gasteiger partial charge in [0.15, 0.2) is 0 Å². The average Bonchev–Trinajstić information content (AvgIpc) is 1.95. The number of nitrogens with two attached hydrogens (primary N) is 1. The number of sulfonamides is 1. The molecule has 0 aromatic heterocycles. The van der Waals surface area contributed by atoms with Crippen molar-refractivity contribution in [3.8, 4) is 0 Å². The maximum Gasteiger partial charge on any atom is 0.238 e. The third-order valence-corrected chi connectivity index (χ3v) is 2.12. The second-order valence-electron chi connectivity index (χ2n) is 2.15. The first kappa shape index (κ1) is 11.1. The number of allylic oxidation sites excluding steroid dienone is 4. The summed E-state index contributed by atoms with van der Waals surface area (Å²) in [4.78, 5) is 0.0344. The quantitative estimate of drug-likeness (QED) is 0.674. The van der Waals surface area contributed by atoms with Gasteiger partial charge in [0.1, 0.15) is 0 Å². The van der Waals surface area contributed by atoms with Crippen molar-refractivity contribution in [2.24, 2.45) is 5.14 Å². The van der Waals surface area contributed by atoms with Gasteiger partial charge in [-0.25, -0.2) is 13.6 Å². The molecule has 0 aromatic rings.